The molecule has 0 unspecified atom stereocenters. The third-order valence-electron chi connectivity index (χ3n) is 2.96. The van der Waals surface area contributed by atoms with Crippen LogP contribution in [0.15, 0.2) is 12.3 Å². The number of aliphatic hydroxyl groups is 1. The number of amides is 1. The summed E-state index contributed by atoms with van der Waals surface area (Å²) in [5.74, 6) is -0.155. The Morgan fingerprint density at radius 2 is 2.21 bits per heavy atom. The van der Waals surface area contributed by atoms with Gasteiger partial charge in [-0.3, -0.25) is 4.79 Å². The lowest BCUT2D eigenvalue weighted by atomic mass is 10.2. The molecule has 2 N–H and O–H groups in total. The van der Waals surface area contributed by atoms with E-state index in [2.05, 4.69) is 15.4 Å². The largest absolute Gasteiger partial charge is 0.396 e. The molecule has 0 aliphatic heterocycles. The van der Waals surface area contributed by atoms with E-state index in [0.717, 1.165) is 23.5 Å². The van der Waals surface area contributed by atoms with Gasteiger partial charge in [0.15, 0.2) is 5.65 Å². The molecule has 0 atom stereocenters. The molecule has 0 fully saturated rings. The summed E-state index contributed by atoms with van der Waals surface area (Å²) in [4.78, 5) is 16.3. The highest BCUT2D eigenvalue weighted by Crippen LogP contribution is 2.10. The monoisotopic (exact) mass is 262 g/mol. The number of fused-ring (bicyclic) bond motifs is 1. The second kappa shape index (κ2) is 5.79. The van der Waals surface area contributed by atoms with E-state index in [9.17, 15) is 4.79 Å². The summed E-state index contributed by atoms with van der Waals surface area (Å²) in [5, 5.41) is 15.8. The molecule has 0 radical (unpaired) electrons. The molecule has 102 valence electrons. The molecule has 0 aliphatic carbocycles. The van der Waals surface area contributed by atoms with E-state index in [-0.39, 0.29) is 12.5 Å². The number of carbonyl (C=O) groups excluding carboxylic acids is 1. The summed E-state index contributed by atoms with van der Waals surface area (Å²) in [6.45, 7) is 4.44. The van der Waals surface area contributed by atoms with E-state index in [1.165, 1.54) is 0 Å². The van der Waals surface area contributed by atoms with Gasteiger partial charge in [0.05, 0.1) is 17.0 Å². The molecule has 0 saturated carbocycles. The molecule has 6 heteroatoms. The maximum atomic E-state index is 12.0. The molecular weight excluding hydrogens is 244 g/mol. The fourth-order valence-corrected chi connectivity index (χ4v) is 1.92. The van der Waals surface area contributed by atoms with Gasteiger partial charge in [0.2, 0.25) is 0 Å². The van der Waals surface area contributed by atoms with Gasteiger partial charge < -0.3 is 10.4 Å². The lowest BCUT2D eigenvalue weighted by molar-refractivity contribution is 0.0950. The topological polar surface area (TPSA) is 79.5 Å². The normalized spacial score (nSPS) is 10.9. The molecule has 0 aromatic carbocycles. The van der Waals surface area contributed by atoms with Crippen LogP contribution in [0.1, 0.15) is 34.6 Å². The molecule has 6 nitrogen and oxygen atoms in total. The highest BCUT2D eigenvalue weighted by molar-refractivity contribution is 5.95. The van der Waals surface area contributed by atoms with E-state index in [0.29, 0.717) is 18.5 Å². The van der Waals surface area contributed by atoms with Crippen molar-refractivity contribution in [1.29, 1.82) is 0 Å². The number of nitrogens with zero attached hydrogens (tertiary/aromatic N) is 3. The molecule has 19 heavy (non-hydrogen) atoms. The minimum absolute atomic E-state index is 0.148. The first-order valence-electron chi connectivity index (χ1n) is 6.34. The number of hydrogen-bond acceptors (Lipinski definition) is 4. The first kappa shape index (κ1) is 13.5. The summed E-state index contributed by atoms with van der Waals surface area (Å²) < 4.78 is 1.68. The molecule has 2 rings (SSSR count). The summed E-state index contributed by atoms with van der Waals surface area (Å²) >= 11 is 0. The Morgan fingerprint density at radius 3 is 2.95 bits per heavy atom. The van der Waals surface area contributed by atoms with Crippen LogP contribution < -0.4 is 5.32 Å². The van der Waals surface area contributed by atoms with Crippen LogP contribution in [0.25, 0.3) is 5.65 Å². The number of rotatable bonds is 5. The fourth-order valence-electron chi connectivity index (χ4n) is 1.92. The van der Waals surface area contributed by atoms with Gasteiger partial charge in [-0.25, -0.2) is 9.50 Å². The van der Waals surface area contributed by atoms with Gasteiger partial charge in [-0.15, -0.1) is 0 Å². The van der Waals surface area contributed by atoms with Crippen molar-refractivity contribution in [3.63, 3.8) is 0 Å². The molecule has 2 heterocycles. The first-order chi connectivity index (χ1) is 9.13. The van der Waals surface area contributed by atoms with Gasteiger partial charge >= 0.3 is 0 Å². The second-order valence-electron chi connectivity index (χ2n) is 4.50. The number of hydrogen-bond donors (Lipinski definition) is 2. The number of aliphatic hydroxyl groups excluding tert-OH is 1. The molecule has 0 bridgehead atoms. The van der Waals surface area contributed by atoms with Gasteiger partial charge in [-0.2, -0.15) is 5.10 Å². The number of aromatic nitrogens is 3. The first-order valence-corrected chi connectivity index (χ1v) is 6.34. The maximum absolute atomic E-state index is 12.0. The summed E-state index contributed by atoms with van der Waals surface area (Å²) in [6, 6.07) is 1.87. The number of unbranched alkanes of at least 4 members (excludes halogenated alkanes) is 1. The van der Waals surface area contributed by atoms with E-state index < -0.39 is 0 Å². The number of carbonyl (C=O) groups is 1. The van der Waals surface area contributed by atoms with Crippen LogP contribution in [0.5, 0.6) is 0 Å². The average Bonchev–Trinajstić information content (AvgIpc) is 2.76. The Hall–Kier alpha value is -1.95. The zero-order chi connectivity index (χ0) is 13.8. The zero-order valence-electron chi connectivity index (χ0n) is 11.2. The lowest BCUT2D eigenvalue weighted by Crippen LogP contribution is -2.26. The minimum Gasteiger partial charge on any atom is -0.396 e. The molecule has 2 aromatic rings. The van der Waals surface area contributed by atoms with Crippen molar-refractivity contribution in [3.8, 4) is 0 Å². The van der Waals surface area contributed by atoms with Crippen LogP contribution in [-0.2, 0) is 0 Å². The second-order valence-corrected chi connectivity index (χ2v) is 4.50. The van der Waals surface area contributed by atoms with Crippen LogP contribution in [0, 0.1) is 13.8 Å². The third kappa shape index (κ3) is 2.90. The predicted octanol–water partition coefficient (Wildman–Crippen LogP) is 0.848. The van der Waals surface area contributed by atoms with Crippen LogP contribution in [0.3, 0.4) is 0 Å². The van der Waals surface area contributed by atoms with Crippen molar-refractivity contribution in [2.75, 3.05) is 13.2 Å². The van der Waals surface area contributed by atoms with Crippen LogP contribution in [0.2, 0.25) is 0 Å². The van der Waals surface area contributed by atoms with Crippen LogP contribution >= 0.6 is 0 Å². The molecule has 0 aliphatic rings. The van der Waals surface area contributed by atoms with E-state index in [1.807, 2.05) is 19.9 Å². The SMILES string of the molecule is Cc1cc2ncc(C(=O)NCCCCO)c(C)n2n1. The highest BCUT2D eigenvalue weighted by Gasteiger charge is 2.13. The predicted molar refractivity (Wildman–Crippen MR) is 71.1 cm³/mol. The Kier molecular flexibility index (Phi) is 4.11. The lowest BCUT2D eigenvalue weighted by Gasteiger charge is -2.08. The van der Waals surface area contributed by atoms with Crippen LogP contribution in [-0.4, -0.2) is 38.8 Å². The van der Waals surface area contributed by atoms with Crippen molar-refractivity contribution >= 4 is 11.6 Å². The number of nitrogens with one attached hydrogen (secondary N) is 1. The van der Waals surface area contributed by atoms with Gasteiger partial charge in [-0.1, -0.05) is 0 Å². The quantitative estimate of drug-likeness (QED) is 0.783. The summed E-state index contributed by atoms with van der Waals surface area (Å²) in [5.41, 5.74) is 2.92. The minimum atomic E-state index is -0.155. The Morgan fingerprint density at radius 1 is 1.42 bits per heavy atom. The Balaban J connectivity index is 2.15. The van der Waals surface area contributed by atoms with E-state index >= 15 is 0 Å². The Labute approximate surface area is 111 Å². The summed E-state index contributed by atoms with van der Waals surface area (Å²) in [6.07, 6.45) is 3.03. The molecule has 0 spiro atoms. The summed E-state index contributed by atoms with van der Waals surface area (Å²) in [7, 11) is 0. The van der Waals surface area contributed by atoms with Gasteiger partial charge in [0, 0.05) is 25.4 Å². The van der Waals surface area contributed by atoms with Gasteiger partial charge in [0.25, 0.3) is 5.91 Å². The van der Waals surface area contributed by atoms with Gasteiger partial charge in [-0.05, 0) is 26.7 Å². The maximum Gasteiger partial charge on any atom is 0.254 e. The fraction of sp³-hybridized carbons (Fsp3) is 0.462. The van der Waals surface area contributed by atoms with E-state index in [1.54, 1.807) is 10.7 Å². The molecular formula is C13H18N4O2. The number of aryl methyl sites for hydroxylation is 2. The zero-order valence-corrected chi connectivity index (χ0v) is 11.2. The smallest absolute Gasteiger partial charge is 0.254 e. The van der Waals surface area contributed by atoms with E-state index in [4.69, 9.17) is 5.11 Å². The standard InChI is InChI=1S/C13H18N4O2/c1-9-7-12-15-8-11(10(2)17(12)16-9)13(19)14-5-3-4-6-18/h7-8,18H,3-6H2,1-2H3,(H,14,19). The van der Waals surface area contributed by atoms with Gasteiger partial charge in [0.1, 0.15) is 0 Å². The molecule has 0 saturated heterocycles. The average molecular weight is 262 g/mol. The molecule has 2 aromatic heterocycles. The highest BCUT2D eigenvalue weighted by atomic mass is 16.2. The van der Waals surface area contributed by atoms with Crippen molar-refractivity contribution in [2.45, 2.75) is 26.7 Å². The third-order valence-corrected chi connectivity index (χ3v) is 2.96. The van der Waals surface area contributed by atoms with Crippen LogP contribution in [0.4, 0.5) is 0 Å². The van der Waals surface area contributed by atoms with Crippen molar-refractivity contribution < 1.29 is 9.90 Å². The van der Waals surface area contributed by atoms with Crippen molar-refractivity contribution in [1.82, 2.24) is 19.9 Å². The molecule has 1 amide bonds. The Bertz CT molecular complexity index is 592. The van der Waals surface area contributed by atoms with Crippen molar-refractivity contribution in [3.05, 3.63) is 29.2 Å². The van der Waals surface area contributed by atoms with Crippen molar-refractivity contribution in [2.24, 2.45) is 0 Å².